The normalized spacial score (nSPS) is 45.8. The summed E-state index contributed by atoms with van der Waals surface area (Å²) >= 11 is 0. The predicted molar refractivity (Wildman–Crippen MR) is 81.6 cm³/mol. The van der Waals surface area contributed by atoms with Gasteiger partial charge in [0.2, 0.25) is 0 Å². The van der Waals surface area contributed by atoms with Crippen LogP contribution in [0.15, 0.2) is 0 Å². The Hall–Kier alpha value is 0.0499. The van der Waals surface area contributed by atoms with E-state index in [-0.39, 0.29) is 17.6 Å². The molecule has 2 rings (SSSR count). The fourth-order valence-corrected chi connectivity index (χ4v) is 2.97. The van der Waals surface area contributed by atoms with Crippen LogP contribution in [0.1, 0.15) is 60.3 Å². The average Bonchev–Trinajstić information content (AvgIpc) is 2.80. The zero-order valence-corrected chi connectivity index (χ0v) is 13.2. The number of hydrogen-bond acceptors (Lipinski definition) is 2. The van der Waals surface area contributed by atoms with Crippen LogP contribution in [0.5, 0.6) is 0 Å². The highest BCUT2D eigenvalue weighted by Crippen LogP contribution is 2.36. The van der Waals surface area contributed by atoms with Gasteiger partial charge in [0, 0.05) is 12.0 Å². The Morgan fingerprint density at radius 2 is 1.74 bits per heavy atom. The molecular weight excluding hydrogens is 234 g/mol. The van der Waals surface area contributed by atoms with Crippen molar-refractivity contribution in [1.29, 1.82) is 0 Å². The molecule has 0 amide bonds. The minimum atomic E-state index is -0.0278. The van der Waals surface area contributed by atoms with Crippen LogP contribution in [-0.2, 0) is 9.47 Å². The van der Waals surface area contributed by atoms with Crippen LogP contribution >= 0.6 is 0 Å². The molecule has 2 aliphatic heterocycles. The van der Waals surface area contributed by atoms with Gasteiger partial charge in [0.15, 0.2) is 0 Å². The number of rotatable bonds is 2. The summed E-state index contributed by atoms with van der Waals surface area (Å²) in [6.07, 6.45) is 4.60. The van der Waals surface area contributed by atoms with Gasteiger partial charge in [-0.15, -0.1) is 0 Å². The van der Waals surface area contributed by atoms with Crippen molar-refractivity contribution >= 4 is 15.7 Å². The van der Waals surface area contributed by atoms with Gasteiger partial charge in [-0.05, 0) is 44.4 Å². The molecule has 2 unspecified atom stereocenters. The van der Waals surface area contributed by atoms with Gasteiger partial charge in [0.1, 0.15) is 15.7 Å². The average molecular weight is 262 g/mol. The van der Waals surface area contributed by atoms with E-state index in [9.17, 15) is 0 Å². The van der Waals surface area contributed by atoms with Gasteiger partial charge in [-0.3, -0.25) is 0 Å². The van der Waals surface area contributed by atoms with Crippen molar-refractivity contribution in [3.05, 3.63) is 0 Å². The smallest absolute Gasteiger partial charge is 0.109 e. The van der Waals surface area contributed by atoms with Crippen molar-refractivity contribution in [2.24, 2.45) is 11.8 Å². The van der Waals surface area contributed by atoms with Crippen LogP contribution in [0.4, 0.5) is 0 Å². The SMILES string of the molecule is [B]C1C[C@@H](C)[C@@H](CC)O1.[B]C1C[C@H](C)[C@@](C)(CC)O1. The zero-order valence-electron chi connectivity index (χ0n) is 13.2. The molecule has 0 saturated carbocycles. The summed E-state index contributed by atoms with van der Waals surface area (Å²) < 4.78 is 11.0. The maximum Gasteiger partial charge on any atom is 0.109 e. The molecule has 0 aromatic heterocycles. The summed E-state index contributed by atoms with van der Waals surface area (Å²) in [5.41, 5.74) is 0.0411. The molecule has 0 bridgehead atoms. The van der Waals surface area contributed by atoms with E-state index >= 15 is 0 Å². The van der Waals surface area contributed by atoms with Crippen LogP contribution in [0.2, 0.25) is 0 Å². The van der Waals surface area contributed by atoms with Crippen molar-refractivity contribution in [1.82, 2.24) is 0 Å². The van der Waals surface area contributed by atoms with Crippen LogP contribution in [0.3, 0.4) is 0 Å². The van der Waals surface area contributed by atoms with Crippen molar-refractivity contribution in [2.75, 3.05) is 0 Å². The Morgan fingerprint density at radius 1 is 1.11 bits per heavy atom. The van der Waals surface area contributed by atoms with Gasteiger partial charge in [-0.25, -0.2) is 0 Å². The van der Waals surface area contributed by atoms with Crippen molar-refractivity contribution in [3.8, 4) is 0 Å². The number of ether oxygens (including phenoxy) is 2. The first-order valence-corrected chi connectivity index (χ1v) is 7.66. The second-order valence-corrected chi connectivity index (χ2v) is 6.29. The van der Waals surface area contributed by atoms with E-state index in [1.165, 1.54) is 0 Å². The molecule has 2 fully saturated rings. The highest BCUT2D eigenvalue weighted by molar-refractivity contribution is 6.11. The molecule has 0 aromatic rings. The molecule has 19 heavy (non-hydrogen) atoms. The lowest BCUT2D eigenvalue weighted by Gasteiger charge is -2.26. The third-order valence-corrected chi connectivity index (χ3v) is 4.74. The molecule has 0 spiro atoms. The molecule has 0 aliphatic carbocycles. The number of hydrogen-bond donors (Lipinski definition) is 0. The fraction of sp³-hybridized carbons (Fsp3) is 1.00. The second-order valence-electron chi connectivity index (χ2n) is 6.29. The molecule has 2 saturated heterocycles. The van der Waals surface area contributed by atoms with E-state index < -0.39 is 0 Å². The minimum Gasteiger partial charge on any atom is -0.384 e. The van der Waals surface area contributed by atoms with E-state index in [2.05, 4.69) is 34.6 Å². The Labute approximate surface area is 121 Å². The van der Waals surface area contributed by atoms with E-state index in [0.29, 0.717) is 17.9 Å². The first kappa shape index (κ1) is 17.1. The molecule has 2 nitrogen and oxygen atoms in total. The topological polar surface area (TPSA) is 18.5 Å². The third-order valence-electron chi connectivity index (χ3n) is 4.74. The van der Waals surface area contributed by atoms with Crippen molar-refractivity contribution in [2.45, 2.75) is 84.0 Å². The van der Waals surface area contributed by atoms with E-state index in [4.69, 9.17) is 25.2 Å². The maximum absolute atomic E-state index is 5.65. The van der Waals surface area contributed by atoms with Gasteiger partial charge in [-0.1, -0.05) is 27.7 Å². The summed E-state index contributed by atoms with van der Waals surface area (Å²) in [5, 5.41) is 0. The summed E-state index contributed by atoms with van der Waals surface area (Å²) in [6.45, 7) is 10.8. The van der Waals surface area contributed by atoms with E-state index in [0.717, 1.165) is 25.7 Å². The maximum atomic E-state index is 5.65. The van der Waals surface area contributed by atoms with Crippen LogP contribution in [-0.4, -0.2) is 39.4 Å². The molecule has 6 atom stereocenters. The predicted octanol–water partition coefficient (Wildman–Crippen LogP) is 3.02. The summed E-state index contributed by atoms with van der Waals surface area (Å²) in [5.74, 6) is 1.26. The molecule has 4 heteroatoms. The standard InChI is InChI=1S/C8H15BO.C7H13BO/c1-4-8(3)6(2)5-7(9)10-8;1-3-6-5(2)4-7(8)9-6/h6-7H,4-5H2,1-3H3;5-7H,3-4H2,1-2H3/t6-,7?,8+;5-,6-,7?/m01/s1. The van der Waals surface area contributed by atoms with Gasteiger partial charge >= 0.3 is 0 Å². The summed E-state index contributed by atoms with van der Waals surface area (Å²) in [6, 6.07) is -0.0232. The van der Waals surface area contributed by atoms with Crippen LogP contribution in [0.25, 0.3) is 0 Å². The Morgan fingerprint density at radius 3 is 1.95 bits per heavy atom. The first-order valence-electron chi connectivity index (χ1n) is 7.66. The van der Waals surface area contributed by atoms with E-state index in [1.54, 1.807) is 0 Å². The second kappa shape index (κ2) is 7.17. The molecular formula is C15H28B2O2. The van der Waals surface area contributed by atoms with Crippen molar-refractivity contribution in [3.63, 3.8) is 0 Å². The van der Waals surface area contributed by atoms with Gasteiger partial charge in [0.05, 0.1) is 11.7 Å². The van der Waals surface area contributed by atoms with Gasteiger partial charge < -0.3 is 9.47 Å². The first-order chi connectivity index (χ1) is 8.82. The Kier molecular flexibility index (Phi) is 6.45. The van der Waals surface area contributed by atoms with Gasteiger partial charge in [-0.2, -0.15) is 0 Å². The summed E-state index contributed by atoms with van der Waals surface area (Å²) in [7, 11) is 11.2. The van der Waals surface area contributed by atoms with Crippen LogP contribution in [0, 0.1) is 11.8 Å². The molecule has 0 N–H and O–H groups in total. The summed E-state index contributed by atoms with van der Waals surface area (Å²) in [4.78, 5) is 0. The lowest BCUT2D eigenvalue weighted by atomic mass is 9.85. The highest BCUT2D eigenvalue weighted by atomic mass is 16.5. The highest BCUT2D eigenvalue weighted by Gasteiger charge is 2.38. The monoisotopic (exact) mass is 262 g/mol. The van der Waals surface area contributed by atoms with E-state index in [1.807, 2.05) is 0 Å². The molecule has 4 radical (unpaired) electrons. The zero-order chi connectivity index (χ0) is 14.6. The Bertz CT molecular complexity index is 275. The minimum absolute atomic E-state index is 0.00458. The van der Waals surface area contributed by atoms with Gasteiger partial charge in [0.25, 0.3) is 0 Å². The van der Waals surface area contributed by atoms with Crippen molar-refractivity contribution < 1.29 is 9.47 Å². The fourth-order valence-electron chi connectivity index (χ4n) is 2.97. The molecule has 106 valence electrons. The lowest BCUT2D eigenvalue weighted by molar-refractivity contribution is -0.0185. The van der Waals surface area contributed by atoms with Crippen LogP contribution < -0.4 is 0 Å². The third kappa shape index (κ3) is 4.53. The lowest BCUT2D eigenvalue weighted by Crippen LogP contribution is -2.29. The largest absolute Gasteiger partial charge is 0.384 e. The molecule has 0 aromatic carbocycles. The molecule has 2 heterocycles. The molecule has 2 aliphatic rings. The Balaban J connectivity index is 0.000000191. The quantitative estimate of drug-likeness (QED) is 0.712.